The predicted molar refractivity (Wildman–Crippen MR) is 107 cm³/mol. The Morgan fingerprint density at radius 2 is 1.76 bits per heavy atom. The number of rotatable bonds is 5. The van der Waals surface area contributed by atoms with E-state index in [1.54, 1.807) is 0 Å². The Labute approximate surface area is 150 Å². The molecular weight excluding hydrogens is 308 g/mol. The van der Waals surface area contributed by atoms with E-state index in [4.69, 9.17) is 5.73 Å². The normalized spacial score (nSPS) is 15.2. The molecule has 1 aliphatic rings. The highest BCUT2D eigenvalue weighted by atomic mass is 15.1. The van der Waals surface area contributed by atoms with Gasteiger partial charge in [-0.05, 0) is 55.0 Å². The lowest BCUT2D eigenvalue weighted by atomic mass is 10.1. The molecule has 0 aliphatic carbocycles. The standard InChI is InChI=1S/C21H28N4/c1-2-17-10-12-19(13-11-17)24-21(22)23-16-18-8-4-5-9-20(18)25-14-6-3-7-15-25/h4-5,8-13H,2-3,6-7,14-16H2,1H3,(H3,22,23,24). The minimum atomic E-state index is 0.456. The highest BCUT2D eigenvalue weighted by Gasteiger charge is 2.13. The van der Waals surface area contributed by atoms with Crippen molar-refractivity contribution >= 4 is 17.3 Å². The number of hydrogen-bond donors (Lipinski definition) is 2. The number of anilines is 2. The number of benzene rings is 2. The molecule has 0 bridgehead atoms. The van der Waals surface area contributed by atoms with Crippen molar-refractivity contribution in [1.29, 1.82) is 0 Å². The maximum Gasteiger partial charge on any atom is 0.193 e. The Balaban J connectivity index is 1.66. The molecule has 0 amide bonds. The Hall–Kier alpha value is -2.49. The number of guanidine groups is 1. The lowest BCUT2D eigenvalue weighted by molar-refractivity contribution is 0.576. The van der Waals surface area contributed by atoms with Gasteiger partial charge in [0.25, 0.3) is 0 Å². The molecule has 25 heavy (non-hydrogen) atoms. The average Bonchev–Trinajstić information content (AvgIpc) is 2.68. The van der Waals surface area contributed by atoms with Gasteiger partial charge < -0.3 is 16.0 Å². The van der Waals surface area contributed by atoms with Crippen molar-refractivity contribution in [3.63, 3.8) is 0 Å². The van der Waals surface area contributed by atoms with Crippen molar-refractivity contribution < 1.29 is 0 Å². The van der Waals surface area contributed by atoms with Crippen molar-refractivity contribution in [3.05, 3.63) is 59.7 Å². The molecule has 1 aliphatic heterocycles. The number of nitrogens with one attached hydrogen (secondary N) is 1. The van der Waals surface area contributed by atoms with E-state index in [1.165, 1.54) is 36.1 Å². The first-order valence-corrected chi connectivity index (χ1v) is 9.25. The van der Waals surface area contributed by atoms with Crippen LogP contribution >= 0.6 is 0 Å². The lowest BCUT2D eigenvalue weighted by Crippen LogP contribution is -2.30. The first-order valence-electron chi connectivity index (χ1n) is 9.25. The first kappa shape index (κ1) is 17.3. The number of nitrogens with two attached hydrogens (primary N) is 1. The zero-order valence-corrected chi connectivity index (χ0v) is 15.0. The van der Waals surface area contributed by atoms with Crippen LogP contribution in [0.5, 0.6) is 0 Å². The van der Waals surface area contributed by atoms with Crippen molar-refractivity contribution in [1.82, 2.24) is 0 Å². The quantitative estimate of drug-likeness (QED) is 0.636. The van der Waals surface area contributed by atoms with Gasteiger partial charge in [-0.3, -0.25) is 0 Å². The second kappa shape index (κ2) is 8.56. The van der Waals surface area contributed by atoms with Gasteiger partial charge in [-0.2, -0.15) is 0 Å². The highest BCUT2D eigenvalue weighted by molar-refractivity contribution is 5.92. The molecule has 1 saturated heterocycles. The van der Waals surface area contributed by atoms with Gasteiger partial charge in [0.15, 0.2) is 5.96 Å². The molecule has 0 radical (unpaired) electrons. The Bertz CT molecular complexity index is 700. The van der Waals surface area contributed by atoms with Crippen LogP contribution < -0.4 is 16.0 Å². The number of nitrogens with zero attached hydrogens (tertiary/aromatic N) is 2. The van der Waals surface area contributed by atoms with Crippen LogP contribution in [0.2, 0.25) is 0 Å². The minimum Gasteiger partial charge on any atom is -0.371 e. The monoisotopic (exact) mass is 336 g/mol. The topological polar surface area (TPSA) is 53.6 Å². The molecule has 0 aromatic heterocycles. The maximum absolute atomic E-state index is 6.08. The summed E-state index contributed by atoms with van der Waals surface area (Å²) < 4.78 is 0. The van der Waals surface area contributed by atoms with Gasteiger partial charge in [0.2, 0.25) is 0 Å². The molecule has 0 spiro atoms. The summed E-state index contributed by atoms with van der Waals surface area (Å²) >= 11 is 0. The van der Waals surface area contributed by atoms with E-state index in [-0.39, 0.29) is 0 Å². The van der Waals surface area contributed by atoms with E-state index in [2.05, 4.69) is 58.5 Å². The van der Waals surface area contributed by atoms with Crippen LogP contribution in [0.25, 0.3) is 0 Å². The Morgan fingerprint density at radius 1 is 1.04 bits per heavy atom. The summed E-state index contributed by atoms with van der Waals surface area (Å²) in [4.78, 5) is 7.02. The highest BCUT2D eigenvalue weighted by Crippen LogP contribution is 2.24. The molecule has 132 valence electrons. The molecule has 2 aromatic rings. The summed E-state index contributed by atoms with van der Waals surface area (Å²) in [5.74, 6) is 0.456. The van der Waals surface area contributed by atoms with Crippen LogP contribution in [0, 0.1) is 0 Å². The van der Waals surface area contributed by atoms with Crippen molar-refractivity contribution in [3.8, 4) is 0 Å². The number of aryl methyl sites for hydroxylation is 1. The third kappa shape index (κ3) is 4.75. The van der Waals surface area contributed by atoms with E-state index in [9.17, 15) is 0 Å². The van der Waals surface area contributed by atoms with Crippen LogP contribution in [0.3, 0.4) is 0 Å². The second-order valence-electron chi connectivity index (χ2n) is 6.55. The van der Waals surface area contributed by atoms with Crippen LogP contribution in [0.4, 0.5) is 11.4 Å². The summed E-state index contributed by atoms with van der Waals surface area (Å²) in [5.41, 5.74) is 10.9. The summed E-state index contributed by atoms with van der Waals surface area (Å²) in [6, 6.07) is 16.8. The largest absolute Gasteiger partial charge is 0.371 e. The molecule has 0 atom stereocenters. The van der Waals surface area contributed by atoms with E-state index < -0.39 is 0 Å². The summed E-state index contributed by atoms with van der Waals surface area (Å²) in [6.45, 7) is 5.02. The van der Waals surface area contributed by atoms with Gasteiger partial charge in [-0.1, -0.05) is 37.3 Å². The predicted octanol–water partition coefficient (Wildman–Crippen LogP) is 4.17. The van der Waals surface area contributed by atoms with E-state index in [0.29, 0.717) is 12.5 Å². The molecule has 1 heterocycles. The van der Waals surface area contributed by atoms with E-state index >= 15 is 0 Å². The van der Waals surface area contributed by atoms with Crippen molar-refractivity contribution in [2.75, 3.05) is 23.3 Å². The number of aliphatic imine (C=N–C) groups is 1. The molecule has 4 nitrogen and oxygen atoms in total. The second-order valence-corrected chi connectivity index (χ2v) is 6.55. The lowest BCUT2D eigenvalue weighted by Gasteiger charge is -2.30. The van der Waals surface area contributed by atoms with E-state index in [0.717, 1.165) is 25.2 Å². The van der Waals surface area contributed by atoms with Crippen molar-refractivity contribution in [2.45, 2.75) is 39.2 Å². The zero-order chi connectivity index (χ0) is 17.5. The fourth-order valence-corrected chi connectivity index (χ4v) is 3.27. The zero-order valence-electron chi connectivity index (χ0n) is 15.0. The third-order valence-corrected chi connectivity index (χ3v) is 4.74. The van der Waals surface area contributed by atoms with Gasteiger partial charge in [0.05, 0.1) is 6.54 Å². The molecule has 4 heteroatoms. The SMILES string of the molecule is CCc1ccc(NC(N)=NCc2ccccc2N2CCCCC2)cc1. The molecule has 1 fully saturated rings. The maximum atomic E-state index is 6.08. The van der Waals surface area contributed by atoms with Gasteiger partial charge >= 0.3 is 0 Å². The minimum absolute atomic E-state index is 0.456. The fourth-order valence-electron chi connectivity index (χ4n) is 3.27. The van der Waals surface area contributed by atoms with Gasteiger partial charge in [-0.25, -0.2) is 4.99 Å². The van der Waals surface area contributed by atoms with Gasteiger partial charge in [-0.15, -0.1) is 0 Å². The Kier molecular flexibility index (Phi) is 5.94. The Morgan fingerprint density at radius 3 is 2.48 bits per heavy atom. The molecule has 0 unspecified atom stereocenters. The number of piperidine rings is 1. The molecular formula is C21H28N4. The first-order chi connectivity index (χ1) is 12.3. The smallest absolute Gasteiger partial charge is 0.193 e. The number of para-hydroxylation sites is 1. The number of hydrogen-bond acceptors (Lipinski definition) is 2. The molecule has 3 N–H and O–H groups in total. The molecule has 2 aromatic carbocycles. The average molecular weight is 336 g/mol. The van der Waals surface area contributed by atoms with Crippen LogP contribution in [0.15, 0.2) is 53.5 Å². The van der Waals surface area contributed by atoms with Crippen LogP contribution in [0.1, 0.15) is 37.3 Å². The molecule has 3 rings (SSSR count). The van der Waals surface area contributed by atoms with Crippen LogP contribution in [-0.4, -0.2) is 19.0 Å². The van der Waals surface area contributed by atoms with Gasteiger partial charge in [0, 0.05) is 24.5 Å². The van der Waals surface area contributed by atoms with Crippen molar-refractivity contribution in [2.24, 2.45) is 10.7 Å². The fraction of sp³-hybridized carbons (Fsp3) is 0.381. The summed E-state index contributed by atoms with van der Waals surface area (Å²) in [6.07, 6.45) is 4.92. The molecule has 0 saturated carbocycles. The van der Waals surface area contributed by atoms with Gasteiger partial charge in [0.1, 0.15) is 0 Å². The summed E-state index contributed by atoms with van der Waals surface area (Å²) in [7, 11) is 0. The summed E-state index contributed by atoms with van der Waals surface area (Å²) in [5, 5.41) is 3.18. The van der Waals surface area contributed by atoms with Crippen LogP contribution in [-0.2, 0) is 13.0 Å². The third-order valence-electron chi connectivity index (χ3n) is 4.74. The van der Waals surface area contributed by atoms with E-state index in [1.807, 2.05) is 12.1 Å².